The summed E-state index contributed by atoms with van der Waals surface area (Å²) >= 11 is 1.95. The van der Waals surface area contributed by atoms with Crippen LogP contribution in [-0.2, 0) is 0 Å². The van der Waals surface area contributed by atoms with Crippen molar-refractivity contribution in [1.29, 1.82) is 0 Å². The monoisotopic (exact) mass is 200 g/mol. The van der Waals surface area contributed by atoms with Crippen molar-refractivity contribution in [2.75, 3.05) is 5.75 Å². The molecule has 2 nitrogen and oxygen atoms in total. The molecule has 1 aliphatic rings. The predicted molar refractivity (Wildman–Crippen MR) is 59.3 cm³/mol. The average Bonchev–Trinajstić information content (AvgIpc) is 2.02. The molecule has 1 saturated heterocycles. The molecule has 0 aromatic heterocycles. The first-order valence-electron chi connectivity index (χ1n) is 4.99. The number of hydrogen-bond acceptors (Lipinski definition) is 3. The Balaban J connectivity index is 2.55. The van der Waals surface area contributed by atoms with Gasteiger partial charge in [-0.1, -0.05) is 0 Å². The van der Waals surface area contributed by atoms with E-state index < -0.39 is 0 Å². The van der Waals surface area contributed by atoms with Crippen molar-refractivity contribution in [2.24, 2.45) is 10.2 Å². The van der Waals surface area contributed by atoms with Gasteiger partial charge in [-0.2, -0.15) is 10.2 Å². The molecule has 0 saturated carbocycles. The van der Waals surface area contributed by atoms with Gasteiger partial charge in [-0.15, -0.1) is 11.8 Å². The van der Waals surface area contributed by atoms with Gasteiger partial charge in [-0.3, -0.25) is 0 Å². The van der Waals surface area contributed by atoms with Gasteiger partial charge in [0, 0.05) is 0 Å². The van der Waals surface area contributed by atoms with Crippen LogP contribution < -0.4 is 0 Å². The van der Waals surface area contributed by atoms with Crippen LogP contribution in [-0.4, -0.2) is 16.2 Å². The Morgan fingerprint density at radius 2 is 1.92 bits per heavy atom. The number of hydrogen-bond donors (Lipinski definition) is 0. The van der Waals surface area contributed by atoms with E-state index in [1.165, 1.54) is 25.0 Å². The maximum Gasteiger partial charge on any atom is 0.124 e. The highest BCUT2D eigenvalue weighted by molar-refractivity contribution is 8.00. The molecule has 0 bridgehead atoms. The van der Waals surface area contributed by atoms with Crippen molar-refractivity contribution in [3.63, 3.8) is 0 Å². The van der Waals surface area contributed by atoms with Crippen molar-refractivity contribution in [3.05, 3.63) is 0 Å². The molecule has 1 atom stereocenters. The van der Waals surface area contributed by atoms with Crippen LogP contribution in [0.5, 0.6) is 0 Å². The van der Waals surface area contributed by atoms with Gasteiger partial charge < -0.3 is 0 Å². The Labute approximate surface area is 85.6 Å². The normalized spacial score (nSPS) is 31.1. The number of rotatable bonds is 1. The summed E-state index contributed by atoms with van der Waals surface area (Å²) in [6, 6.07) is 0. The van der Waals surface area contributed by atoms with E-state index in [9.17, 15) is 0 Å². The third-order valence-corrected chi connectivity index (χ3v) is 3.41. The van der Waals surface area contributed by atoms with Crippen molar-refractivity contribution in [3.8, 4) is 0 Å². The van der Waals surface area contributed by atoms with Crippen LogP contribution in [0.15, 0.2) is 10.2 Å². The zero-order valence-electron chi connectivity index (χ0n) is 9.13. The molecule has 0 amide bonds. The molecule has 0 N–H and O–H groups in total. The molecule has 0 spiro atoms. The molecule has 3 heteroatoms. The lowest BCUT2D eigenvalue weighted by molar-refractivity contribution is 0.470. The molecule has 76 valence electrons. The summed E-state index contributed by atoms with van der Waals surface area (Å²) in [7, 11) is 0. The summed E-state index contributed by atoms with van der Waals surface area (Å²) in [6.07, 6.45) is 3.81. The fraction of sp³-hybridized carbons (Fsp3) is 1.00. The smallest absolute Gasteiger partial charge is 0.124 e. The fourth-order valence-corrected chi connectivity index (χ4v) is 2.43. The quantitative estimate of drug-likeness (QED) is 0.590. The minimum atomic E-state index is -0.0268. The fourth-order valence-electron chi connectivity index (χ4n) is 1.25. The second-order valence-corrected chi connectivity index (χ2v) is 6.43. The van der Waals surface area contributed by atoms with Crippen molar-refractivity contribution in [1.82, 2.24) is 0 Å². The third-order valence-electron chi connectivity index (χ3n) is 2.01. The maximum atomic E-state index is 4.47. The molecule has 1 heterocycles. The van der Waals surface area contributed by atoms with Crippen molar-refractivity contribution >= 4 is 11.8 Å². The molecule has 1 aliphatic heterocycles. The molecule has 0 aromatic rings. The van der Waals surface area contributed by atoms with Crippen LogP contribution in [0.1, 0.15) is 47.0 Å². The highest BCUT2D eigenvalue weighted by Gasteiger charge is 2.27. The first-order valence-corrected chi connectivity index (χ1v) is 5.98. The lowest BCUT2D eigenvalue weighted by Crippen LogP contribution is -2.22. The van der Waals surface area contributed by atoms with Crippen LogP contribution in [0.3, 0.4) is 0 Å². The summed E-state index contributed by atoms with van der Waals surface area (Å²) < 4.78 is 0. The zero-order chi connectivity index (χ0) is 9.95. The van der Waals surface area contributed by atoms with Crippen molar-refractivity contribution < 1.29 is 0 Å². The van der Waals surface area contributed by atoms with Gasteiger partial charge in [0.1, 0.15) is 4.87 Å². The number of nitrogens with zero attached hydrogens (tertiary/aromatic N) is 2. The topological polar surface area (TPSA) is 24.7 Å². The van der Waals surface area contributed by atoms with Crippen molar-refractivity contribution in [2.45, 2.75) is 57.4 Å². The van der Waals surface area contributed by atoms with Gasteiger partial charge in [-0.25, -0.2) is 0 Å². The summed E-state index contributed by atoms with van der Waals surface area (Å²) in [4.78, 5) is 0.0610. The van der Waals surface area contributed by atoms with Gasteiger partial charge in [0.25, 0.3) is 0 Å². The van der Waals surface area contributed by atoms with E-state index in [1.807, 2.05) is 11.8 Å². The summed E-state index contributed by atoms with van der Waals surface area (Å²) in [5.74, 6) is 1.24. The first-order chi connectivity index (χ1) is 5.91. The van der Waals surface area contributed by atoms with E-state index in [2.05, 4.69) is 37.9 Å². The Hall–Kier alpha value is -0.0500. The second kappa shape index (κ2) is 3.99. The molecule has 1 rings (SSSR count). The minimum absolute atomic E-state index is 0.0268. The largest absolute Gasteiger partial charge is 0.187 e. The van der Waals surface area contributed by atoms with E-state index in [1.54, 1.807) is 0 Å². The third kappa shape index (κ3) is 4.12. The highest BCUT2D eigenvalue weighted by atomic mass is 32.2. The Kier molecular flexibility index (Phi) is 3.38. The molecular formula is C10H20N2S. The zero-order valence-corrected chi connectivity index (χ0v) is 9.95. The van der Waals surface area contributed by atoms with Gasteiger partial charge in [0.2, 0.25) is 0 Å². The maximum absolute atomic E-state index is 4.47. The van der Waals surface area contributed by atoms with E-state index in [4.69, 9.17) is 0 Å². The van der Waals surface area contributed by atoms with Gasteiger partial charge in [0.05, 0.1) is 5.54 Å². The second-order valence-electron chi connectivity index (χ2n) is 4.85. The van der Waals surface area contributed by atoms with E-state index in [0.717, 1.165) is 0 Å². The molecule has 1 fully saturated rings. The molecular weight excluding hydrogens is 180 g/mol. The van der Waals surface area contributed by atoms with Crippen LogP contribution in [0.2, 0.25) is 0 Å². The van der Waals surface area contributed by atoms with Crippen LogP contribution >= 0.6 is 11.8 Å². The molecule has 13 heavy (non-hydrogen) atoms. The molecule has 0 radical (unpaired) electrons. The summed E-state index contributed by atoms with van der Waals surface area (Å²) in [5, 5.41) is 8.83. The van der Waals surface area contributed by atoms with Crippen LogP contribution in [0, 0.1) is 0 Å². The first kappa shape index (κ1) is 11.0. The van der Waals surface area contributed by atoms with E-state index in [0.29, 0.717) is 0 Å². The molecule has 0 aliphatic carbocycles. The van der Waals surface area contributed by atoms with E-state index in [-0.39, 0.29) is 10.4 Å². The highest BCUT2D eigenvalue weighted by Crippen LogP contribution is 2.37. The summed E-state index contributed by atoms with van der Waals surface area (Å²) in [6.45, 7) is 8.47. The number of azo groups is 1. The SMILES string of the molecule is CC(C)(C)N=NC1(C)CCCCS1. The Morgan fingerprint density at radius 1 is 1.23 bits per heavy atom. The lowest BCUT2D eigenvalue weighted by atomic mass is 10.1. The Bertz CT molecular complexity index is 188. The number of thioether (sulfide) groups is 1. The predicted octanol–water partition coefficient (Wildman–Crippen LogP) is 3.87. The van der Waals surface area contributed by atoms with Gasteiger partial charge in [-0.05, 0) is 52.7 Å². The Morgan fingerprint density at radius 3 is 2.38 bits per heavy atom. The standard InChI is InChI=1S/C10H20N2S/c1-9(2,3)11-12-10(4)7-5-6-8-13-10/h5-8H2,1-4H3. The molecule has 1 unspecified atom stereocenters. The van der Waals surface area contributed by atoms with Crippen LogP contribution in [0.25, 0.3) is 0 Å². The average molecular weight is 200 g/mol. The van der Waals surface area contributed by atoms with Gasteiger partial charge in [0.15, 0.2) is 0 Å². The molecule has 0 aromatic carbocycles. The van der Waals surface area contributed by atoms with Crippen LogP contribution in [0.4, 0.5) is 0 Å². The minimum Gasteiger partial charge on any atom is -0.187 e. The lowest BCUT2D eigenvalue weighted by Gasteiger charge is -2.28. The van der Waals surface area contributed by atoms with Gasteiger partial charge >= 0.3 is 0 Å². The van der Waals surface area contributed by atoms with E-state index >= 15 is 0 Å². The summed E-state index contributed by atoms with van der Waals surface area (Å²) in [5.41, 5.74) is -0.0268.